The average Bonchev–Trinajstić information content (AvgIpc) is 2.38. The minimum absolute atomic E-state index is 0.00139. The molecule has 1 aromatic carbocycles. The van der Waals surface area contributed by atoms with Crippen molar-refractivity contribution in [3.05, 3.63) is 33.7 Å². The lowest BCUT2D eigenvalue weighted by molar-refractivity contribution is 0.0288. The number of carbonyl (C=O) groups excluding carboxylic acids is 1. The van der Waals surface area contributed by atoms with Gasteiger partial charge in [0.2, 0.25) is 0 Å². The lowest BCUT2D eigenvalue weighted by Gasteiger charge is -2.39. The van der Waals surface area contributed by atoms with E-state index in [1.807, 2.05) is 6.92 Å². The summed E-state index contributed by atoms with van der Waals surface area (Å²) in [5.74, 6) is -0.496. The molecule has 0 spiro atoms. The summed E-state index contributed by atoms with van der Waals surface area (Å²) in [5.41, 5.74) is -0.498. The number of nitrogens with one attached hydrogen (secondary N) is 1. The number of amides is 1. The fourth-order valence-corrected chi connectivity index (χ4v) is 1.69. The molecule has 0 fully saturated rings. The van der Waals surface area contributed by atoms with Gasteiger partial charge < -0.3 is 21.0 Å². The molecule has 0 aromatic heterocycles. The summed E-state index contributed by atoms with van der Waals surface area (Å²) in [5, 5.41) is 41.7. The van der Waals surface area contributed by atoms with E-state index in [1.54, 1.807) is 0 Å². The lowest BCUT2D eigenvalue weighted by atomic mass is 10.1. The zero-order chi connectivity index (χ0) is 15.3. The van der Waals surface area contributed by atoms with Gasteiger partial charge in [0.25, 0.3) is 5.91 Å². The van der Waals surface area contributed by atoms with E-state index < -0.39 is 11.1 Å². The molecule has 20 heavy (non-hydrogen) atoms. The predicted molar refractivity (Wildman–Crippen MR) is 73.7 cm³/mol. The van der Waals surface area contributed by atoms with Gasteiger partial charge in [-0.25, -0.2) is 0 Å². The number of benzene rings is 1. The zero-order valence-electron chi connectivity index (χ0n) is 11.3. The van der Waals surface area contributed by atoms with Crippen LogP contribution in [0.2, 0.25) is 0 Å². The fraction of sp³-hybridized carbons (Fsp3) is 0.417. The van der Waals surface area contributed by atoms with E-state index in [1.165, 1.54) is 13.0 Å². The molecular weight excluding hydrogens is 266 g/mol. The number of hydrogen-bond donors (Lipinski definition) is 3. The Labute approximate surface area is 116 Å². The summed E-state index contributed by atoms with van der Waals surface area (Å²) in [6.07, 6.45) is 1.69. The van der Waals surface area contributed by atoms with Crippen LogP contribution >= 0.6 is 0 Å². The first-order valence-electron chi connectivity index (χ1n) is 6.13. The Bertz CT molecular complexity index is 447. The third kappa shape index (κ3) is 3.81. The van der Waals surface area contributed by atoms with Crippen LogP contribution in [0.3, 0.4) is 0 Å². The highest BCUT2D eigenvalue weighted by Gasteiger charge is 2.14. The van der Waals surface area contributed by atoms with Crippen molar-refractivity contribution < 1.29 is 15.2 Å². The van der Waals surface area contributed by atoms with E-state index in [9.17, 15) is 15.2 Å². The highest BCUT2D eigenvalue weighted by molar-refractivity contribution is 5.97. The standard InChI is InChI=1S/C12H17N3O5/c1-3-4-5-13-12(16)9-6-10(14(17)18)8(2)11(7-9)15(19)20/h6-7,17-18H,3-5H2,1-2H3,(H,13,16)/q-2. The maximum atomic E-state index is 11.9. The van der Waals surface area contributed by atoms with E-state index in [0.717, 1.165) is 18.9 Å². The molecule has 0 unspecified atom stereocenters. The van der Waals surface area contributed by atoms with Crippen molar-refractivity contribution in [1.29, 1.82) is 0 Å². The molecule has 0 heterocycles. The SMILES string of the molecule is CCCCNC(=O)c1cc(N([O-])[O-])c(C)c(N(O)O)c1. The van der Waals surface area contributed by atoms with Crippen LogP contribution in [0.25, 0.3) is 0 Å². The molecule has 1 amide bonds. The predicted octanol–water partition coefficient (Wildman–Crippen LogP) is 1.91. The highest BCUT2D eigenvalue weighted by atomic mass is 16.8. The molecule has 0 aliphatic heterocycles. The zero-order valence-corrected chi connectivity index (χ0v) is 11.3. The second kappa shape index (κ2) is 7.06. The Balaban J connectivity index is 3.10. The molecular formula is C12H17N3O5-2. The maximum Gasteiger partial charge on any atom is 0.251 e. The van der Waals surface area contributed by atoms with Crippen LogP contribution in [0.1, 0.15) is 35.7 Å². The van der Waals surface area contributed by atoms with Crippen LogP contribution in [0.5, 0.6) is 0 Å². The molecule has 0 bridgehead atoms. The van der Waals surface area contributed by atoms with Gasteiger partial charge >= 0.3 is 0 Å². The molecule has 0 aliphatic carbocycles. The van der Waals surface area contributed by atoms with Gasteiger partial charge in [-0.1, -0.05) is 13.3 Å². The molecule has 1 rings (SSSR count). The molecule has 0 radical (unpaired) electrons. The van der Waals surface area contributed by atoms with Gasteiger partial charge in [0.15, 0.2) is 0 Å². The molecule has 3 N–H and O–H groups in total. The molecule has 0 saturated carbocycles. The fourth-order valence-electron chi connectivity index (χ4n) is 1.69. The third-order valence-corrected chi connectivity index (χ3v) is 2.84. The molecule has 0 saturated heterocycles. The molecule has 0 atom stereocenters. The van der Waals surface area contributed by atoms with Gasteiger partial charge in [0.05, 0.1) is 5.69 Å². The Kier molecular flexibility index (Phi) is 5.71. The van der Waals surface area contributed by atoms with E-state index in [0.29, 0.717) is 6.54 Å². The molecule has 8 heteroatoms. The lowest BCUT2D eigenvalue weighted by Crippen LogP contribution is -2.25. The van der Waals surface area contributed by atoms with E-state index in [2.05, 4.69) is 5.32 Å². The van der Waals surface area contributed by atoms with Crippen molar-refractivity contribution in [2.45, 2.75) is 26.7 Å². The van der Waals surface area contributed by atoms with Crippen molar-refractivity contribution in [2.75, 3.05) is 17.0 Å². The summed E-state index contributed by atoms with van der Waals surface area (Å²) in [7, 11) is 0. The van der Waals surface area contributed by atoms with Gasteiger partial charge in [0.1, 0.15) is 0 Å². The second-order valence-electron chi connectivity index (χ2n) is 4.30. The summed E-state index contributed by atoms with van der Waals surface area (Å²) < 4.78 is 0. The number of carbonyl (C=O) groups is 1. The van der Waals surface area contributed by atoms with Crippen molar-refractivity contribution >= 4 is 17.3 Å². The van der Waals surface area contributed by atoms with Crippen LogP contribution < -0.4 is 15.8 Å². The minimum Gasteiger partial charge on any atom is -0.769 e. The number of nitrogens with zero attached hydrogens (tertiary/aromatic N) is 2. The Hall–Kier alpha value is -1.87. The number of unbranched alkanes of at least 4 members (excludes halogenated alkanes) is 1. The maximum absolute atomic E-state index is 11.9. The molecule has 8 nitrogen and oxygen atoms in total. The van der Waals surface area contributed by atoms with Crippen LogP contribution in [0.15, 0.2) is 12.1 Å². The van der Waals surface area contributed by atoms with Gasteiger partial charge in [-0.3, -0.25) is 15.2 Å². The van der Waals surface area contributed by atoms with Crippen molar-refractivity contribution in [1.82, 2.24) is 5.32 Å². The third-order valence-electron chi connectivity index (χ3n) is 2.84. The first-order valence-corrected chi connectivity index (χ1v) is 6.13. The topological polar surface area (TPSA) is 122 Å². The summed E-state index contributed by atoms with van der Waals surface area (Å²) in [6, 6.07) is 2.30. The smallest absolute Gasteiger partial charge is 0.251 e. The number of rotatable bonds is 6. The van der Waals surface area contributed by atoms with Crippen LogP contribution in [0.4, 0.5) is 11.4 Å². The largest absolute Gasteiger partial charge is 0.769 e. The average molecular weight is 283 g/mol. The van der Waals surface area contributed by atoms with Gasteiger partial charge in [0, 0.05) is 17.8 Å². The van der Waals surface area contributed by atoms with Crippen molar-refractivity contribution in [3.8, 4) is 0 Å². The monoisotopic (exact) mass is 283 g/mol. The summed E-state index contributed by atoms with van der Waals surface area (Å²) >= 11 is 0. The van der Waals surface area contributed by atoms with Gasteiger partial charge in [-0.2, -0.15) is 0 Å². The molecule has 1 aromatic rings. The van der Waals surface area contributed by atoms with Crippen molar-refractivity contribution in [2.24, 2.45) is 0 Å². The Morgan fingerprint density at radius 2 is 1.90 bits per heavy atom. The highest BCUT2D eigenvalue weighted by Crippen LogP contribution is 2.29. The Morgan fingerprint density at radius 1 is 1.30 bits per heavy atom. The summed E-state index contributed by atoms with van der Waals surface area (Å²) in [6.45, 7) is 3.79. The number of hydrogen-bond acceptors (Lipinski definition) is 7. The Morgan fingerprint density at radius 3 is 2.40 bits per heavy atom. The van der Waals surface area contributed by atoms with Crippen LogP contribution in [-0.2, 0) is 0 Å². The molecule has 112 valence electrons. The molecule has 0 aliphatic rings. The van der Waals surface area contributed by atoms with Gasteiger partial charge in [-0.15, -0.1) is 5.23 Å². The van der Waals surface area contributed by atoms with Crippen LogP contribution in [-0.4, -0.2) is 22.9 Å². The first kappa shape index (κ1) is 16.2. The quantitative estimate of drug-likeness (QED) is 0.538. The summed E-state index contributed by atoms with van der Waals surface area (Å²) in [4.78, 5) is 11.9. The van der Waals surface area contributed by atoms with E-state index in [4.69, 9.17) is 10.4 Å². The minimum atomic E-state index is -0.675. The normalized spacial score (nSPS) is 10.3. The van der Waals surface area contributed by atoms with E-state index >= 15 is 0 Å². The van der Waals surface area contributed by atoms with Gasteiger partial charge in [-0.05, 0) is 31.0 Å². The number of anilines is 2. The second-order valence-corrected chi connectivity index (χ2v) is 4.30. The van der Waals surface area contributed by atoms with E-state index in [-0.39, 0.29) is 27.7 Å². The first-order chi connectivity index (χ1) is 9.38. The van der Waals surface area contributed by atoms with Crippen molar-refractivity contribution in [3.63, 3.8) is 0 Å². The van der Waals surface area contributed by atoms with Crippen LogP contribution in [0, 0.1) is 17.3 Å².